The van der Waals surface area contributed by atoms with Crippen LogP contribution in [0.1, 0.15) is 16.1 Å². The van der Waals surface area contributed by atoms with E-state index < -0.39 is 0 Å². The van der Waals surface area contributed by atoms with Gasteiger partial charge in [0.15, 0.2) is 0 Å². The third kappa shape index (κ3) is 2.87. The zero-order valence-corrected chi connectivity index (χ0v) is 10.8. The molecule has 0 aliphatic heterocycles. The lowest BCUT2D eigenvalue weighted by atomic mass is 10.2. The van der Waals surface area contributed by atoms with Gasteiger partial charge < -0.3 is 15.5 Å². The first-order valence-electron chi connectivity index (χ1n) is 5.47. The molecule has 0 saturated carbocycles. The number of nitrogens with one attached hydrogen (secondary N) is 1. The molecule has 0 aliphatic rings. The first-order chi connectivity index (χ1) is 8.70. The van der Waals surface area contributed by atoms with Crippen molar-refractivity contribution in [3.8, 4) is 0 Å². The van der Waals surface area contributed by atoms with Crippen LogP contribution in [-0.4, -0.2) is 13.0 Å². The molecule has 2 aromatic rings. The highest BCUT2D eigenvalue weighted by atomic mass is 32.2. The van der Waals surface area contributed by atoms with Crippen molar-refractivity contribution < 1.29 is 9.21 Å². The van der Waals surface area contributed by atoms with Crippen molar-refractivity contribution in [3.63, 3.8) is 0 Å². The minimum Gasteiger partial charge on any atom is -0.468 e. The van der Waals surface area contributed by atoms with E-state index in [-0.39, 0.29) is 5.91 Å². The molecule has 2 rings (SSSR count). The fourth-order valence-electron chi connectivity index (χ4n) is 1.51. The van der Waals surface area contributed by atoms with Gasteiger partial charge in [0.05, 0.1) is 12.0 Å². The van der Waals surface area contributed by atoms with Crippen LogP contribution in [-0.2, 0) is 5.75 Å². The zero-order chi connectivity index (χ0) is 13.0. The highest BCUT2D eigenvalue weighted by Gasteiger charge is 2.07. The Hall–Kier alpha value is -1.88. The molecule has 0 radical (unpaired) electrons. The average molecular weight is 262 g/mol. The van der Waals surface area contributed by atoms with Gasteiger partial charge in [-0.05, 0) is 30.3 Å². The Bertz CT molecular complexity index is 538. The van der Waals surface area contributed by atoms with Crippen LogP contribution < -0.4 is 11.1 Å². The number of rotatable bonds is 4. The monoisotopic (exact) mass is 262 g/mol. The van der Waals surface area contributed by atoms with Crippen LogP contribution in [0.25, 0.3) is 0 Å². The van der Waals surface area contributed by atoms with Gasteiger partial charge in [-0.25, -0.2) is 0 Å². The Kier molecular flexibility index (Phi) is 3.94. The summed E-state index contributed by atoms with van der Waals surface area (Å²) in [5, 5.41) is 2.57. The second-order valence-corrected chi connectivity index (χ2v) is 4.72. The lowest BCUT2D eigenvalue weighted by molar-refractivity contribution is 0.0963. The van der Waals surface area contributed by atoms with Gasteiger partial charge in [0, 0.05) is 23.2 Å². The largest absolute Gasteiger partial charge is 0.468 e. The lowest BCUT2D eigenvalue weighted by Gasteiger charge is -2.06. The van der Waals surface area contributed by atoms with Crippen LogP contribution in [0.2, 0.25) is 0 Å². The zero-order valence-electron chi connectivity index (χ0n) is 9.97. The van der Waals surface area contributed by atoms with Gasteiger partial charge in [-0.1, -0.05) is 0 Å². The molecular weight excluding hydrogens is 248 g/mol. The van der Waals surface area contributed by atoms with Crippen molar-refractivity contribution in [2.75, 3.05) is 12.8 Å². The molecule has 0 atom stereocenters. The minimum atomic E-state index is -0.135. The smallest absolute Gasteiger partial charge is 0.251 e. The molecule has 0 spiro atoms. The summed E-state index contributed by atoms with van der Waals surface area (Å²) in [5.41, 5.74) is 7.09. The minimum absolute atomic E-state index is 0.135. The van der Waals surface area contributed by atoms with Crippen LogP contribution in [0.3, 0.4) is 0 Å². The van der Waals surface area contributed by atoms with E-state index in [9.17, 15) is 4.79 Å². The van der Waals surface area contributed by atoms with Gasteiger partial charge in [0.2, 0.25) is 0 Å². The Balaban J connectivity index is 2.08. The molecule has 94 valence electrons. The van der Waals surface area contributed by atoms with Crippen LogP contribution in [0, 0.1) is 0 Å². The van der Waals surface area contributed by atoms with Gasteiger partial charge in [0.25, 0.3) is 5.91 Å². The van der Waals surface area contributed by atoms with Gasteiger partial charge >= 0.3 is 0 Å². The summed E-state index contributed by atoms with van der Waals surface area (Å²) in [6, 6.07) is 9.08. The summed E-state index contributed by atoms with van der Waals surface area (Å²) in [7, 11) is 1.60. The SMILES string of the molecule is CNC(=O)c1ccc(SCc2ccco2)c(N)c1. The summed E-state index contributed by atoms with van der Waals surface area (Å²) >= 11 is 1.58. The number of amides is 1. The fourth-order valence-corrected chi connectivity index (χ4v) is 2.36. The number of furan rings is 1. The van der Waals surface area contributed by atoms with Crippen molar-refractivity contribution in [2.45, 2.75) is 10.6 Å². The Morgan fingerprint density at radius 2 is 2.28 bits per heavy atom. The Morgan fingerprint density at radius 3 is 2.89 bits per heavy atom. The van der Waals surface area contributed by atoms with Gasteiger partial charge in [-0.15, -0.1) is 11.8 Å². The lowest BCUT2D eigenvalue weighted by Crippen LogP contribution is -2.17. The number of benzene rings is 1. The quantitative estimate of drug-likeness (QED) is 0.656. The molecule has 0 bridgehead atoms. The molecule has 1 heterocycles. The van der Waals surface area contributed by atoms with E-state index in [4.69, 9.17) is 10.2 Å². The standard InChI is InChI=1S/C13H14N2O2S/c1-15-13(16)9-4-5-12(11(14)7-9)18-8-10-3-2-6-17-10/h2-7H,8,14H2,1H3,(H,15,16). The predicted octanol–water partition coefficient (Wildman–Crippen LogP) is 2.51. The molecule has 0 saturated heterocycles. The molecular formula is C13H14N2O2S. The van der Waals surface area contributed by atoms with Crippen molar-refractivity contribution in [2.24, 2.45) is 0 Å². The number of nitrogens with two attached hydrogens (primary N) is 1. The van der Waals surface area contributed by atoms with E-state index in [0.717, 1.165) is 16.4 Å². The predicted molar refractivity (Wildman–Crippen MR) is 72.5 cm³/mol. The van der Waals surface area contributed by atoms with Crippen molar-refractivity contribution in [1.82, 2.24) is 5.32 Å². The number of thioether (sulfide) groups is 1. The summed E-state index contributed by atoms with van der Waals surface area (Å²) in [5.74, 6) is 1.48. The molecule has 0 unspecified atom stereocenters. The Labute approximate surface area is 110 Å². The Morgan fingerprint density at radius 1 is 1.44 bits per heavy atom. The molecule has 1 amide bonds. The average Bonchev–Trinajstić information content (AvgIpc) is 2.89. The van der Waals surface area contributed by atoms with Crippen LogP contribution in [0.5, 0.6) is 0 Å². The van der Waals surface area contributed by atoms with Crippen LogP contribution in [0.4, 0.5) is 5.69 Å². The number of carbonyl (C=O) groups is 1. The maximum atomic E-state index is 11.4. The molecule has 5 heteroatoms. The second-order valence-electron chi connectivity index (χ2n) is 3.70. The second kappa shape index (κ2) is 5.64. The van der Waals surface area contributed by atoms with E-state index in [1.807, 2.05) is 18.2 Å². The molecule has 0 aliphatic carbocycles. The number of hydrogen-bond acceptors (Lipinski definition) is 4. The van der Waals surface area contributed by atoms with Gasteiger partial charge in [-0.2, -0.15) is 0 Å². The van der Waals surface area contributed by atoms with Gasteiger partial charge in [-0.3, -0.25) is 4.79 Å². The van der Waals surface area contributed by atoms with Gasteiger partial charge in [0.1, 0.15) is 5.76 Å². The first-order valence-corrected chi connectivity index (χ1v) is 6.46. The molecule has 1 aromatic carbocycles. The number of hydrogen-bond donors (Lipinski definition) is 2. The van der Waals surface area contributed by atoms with E-state index in [0.29, 0.717) is 11.3 Å². The number of nitrogen functional groups attached to an aromatic ring is 1. The molecule has 1 aromatic heterocycles. The highest BCUT2D eigenvalue weighted by molar-refractivity contribution is 7.98. The normalized spacial score (nSPS) is 10.3. The van der Waals surface area contributed by atoms with E-state index in [2.05, 4.69) is 5.32 Å². The topological polar surface area (TPSA) is 68.3 Å². The third-order valence-corrected chi connectivity index (χ3v) is 3.56. The molecule has 3 N–H and O–H groups in total. The van der Waals surface area contributed by atoms with Crippen molar-refractivity contribution in [3.05, 3.63) is 47.9 Å². The van der Waals surface area contributed by atoms with E-state index in [1.54, 1.807) is 37.2 Å². The summed E-state index contributed by atoms with van der Waals surface area (Å²) < 4.78 is 5.25. The van der Waals surface area contributed by atoms with Crippen LogP contribution in [0.15, 0.2) is 45.9 Å². The van der Waals surface area contributed by atoms with E-state index >= 15 is 0 Å². The van der Waals surface area contributed by atoms with Crippen LogP contribution >= 0.6 is 11.8 Å². The molecule has 4 nitrogen and oxygen atoms in total. The van der Waals surface area contributed by atoms with E-state index in [1.165, 1.54) is 0 Å². The fraction of sp³-hybridized carbons (Fsp3) is 0.154. The summed E-state index contributed by atoms with van der Waals surface area (Å²) in [6.07, 6.45) is 1.65. The molecule has 0 fully saturated rings. The van der Waals surface area contributed by atoms with Crippen molar-refractivity contribution >= 4 is 23.4 Å². The highest BCUT2D eigenvalue weighted by Crippen LogP contribution is 2.28. The first kappa shape index (κ1) is 12.6. The number of carbonyl (C=O) groups excluding carboxylic acids is 1. The number of anilines is 1. The molecule has 18 heavy (non-hydrogen) atoms. The summed E-state index contributed by atoms with van der Waals surface area (Å²) in [6.45, 7) is 0. The summed E-state index contributed by atoms with van der Waals surface area (Å²) in [4.78, 5) is 12.4. The maximum absolute atomic E-state index is 11.4. The maximum Gasteiger partial charge on any atom is 0.251 e. The van der Waals surface area contributed by atoms with Crippen molar-refractivity contribution in [1.29, 1.82) is 0 Å². The third-order valence-electron chi connectivity index (χ3n) is 2.45.